The average molecular weight is 305 g/mol. The molecule has 1 aromatic heterocycles. The SMILES string of the molecule is CCOC(=O)CSc1nc2ccc(OCC)cc2cc1C. The summed E-state index contributed by atoms with van der Waals surface area (Å²) in [4.78, 5) is 16.0. The number of benzene rings is 1. The Morgan fingerprint density at radius 1 is 1.24 bits per heavy atom. The third-order valence-electron chi connectivity index (χ3n) is 2.87. The molecule has 0 atom stereocenters. The lowest BCUT2D eigenvalue weighted by Gasteiger charge is -2.08. The maximum absolute atomic E-state index is 11.4. The first-order valence-corrected chi connectivity index (χ1v) is 7.95. The van der Waals surface area contributed by atoms with Crippen LogP contribution in [0.15, 0.2) is 29.3 Å². The Bertz CT molecular complexity index is 643. The largest absolute Gasteiger partial charge is 0.494 e. The summed E-state index contributed by atoms with van der Waals surface area (Å²) in [5.41, 5.74) is 1.95. The van der Waals surface area contributed by atoms with Crippen molar-refractivity contribution in [1.29, 1.82) is 0 Å². The molecule has 0 saturated carbocycles. The van der Waals surface area contributed by atoms with Gasteiger partial charge in [0.05, 0.1) is 24.5 Å². The van der Waals surface area contributed by atoms with Gasteiger partial charge >= 0.3 is 5.97 Å². The molecular weight excluding hydrogens is 286 g/mol. The molecule has 0 fully saturated rings. The second-order valence-electron chi connectivity index (χ2n) is 4.49. The molecule has 112 valence electrons. The van der Waals surface area contributed by atoms with E-state index in [2.05, 4.69) is 11.1 Å². The van der Waals surface area contributed by atoms with E-state index in [-0.39, 0.29) is 11.7 Å². The molecule has 1 heterocycles. The van der Waals surface area contributed by atoms with Crippen LogP contribution in [0, 0.1) is 6.92 Å². The van der Waals surface area contributed by atoms with E-state index < -0.39 is 0 Å². The third-order valence-corrected chi connectivity index (χ3v) is 3.94. The van der Waals surface area contributed by atoms with Crippen molar-refractivity contribution in [3.05, 3.63) is 29.8 Å². The van der Waals surface area contributed by atoms with E-state index >= 15 is 0 Å². The van der Waals surface area contributed by atoms with E-state index in [1.807, 2.05) is 32.0 Å². The monoisotopic (exact) mass is 305 g/mol. The Morgan fingerprint density at radius 2 is 2.05 bits per heavy atom. The van der Waals surface area contributed by atoms with Crippen molar-refractivity contribution in [2.75, 3.05) is 19.0 Å². The standard InChI is InChI=1S/C16H19NO3S/c1-4-19-13-6-7-14-12(9-13)8-11(3)16(17-14)21-10-15(18)20-5-2/h6-9H,4-5,10H2,1-3H3. The smallest absolute Gasteiger partial charge is 0.316 e. The first-order chi connectivity index (χ1) is 10.1. The van der Waals surface area contributed by atoms with E-state index in [0.29, 0.717) is 13.2 Å². The van der Waals surface area contributed by atoms with Crippen molar-refractivity contribution < 1.29 is 14.3 Å². The molecule has 1 aromatic carbocycles. The number of aromatic nitrogens is 1. The molecule has 5 heteroatoms. The van der Waals surface area contributed by atoms with Crippen LogP contribution in [0.3, 0.4) is 0 Å². The van der Waals surface area contributed by atoms with Gasteiger partial charge in [0.1, 0.15) is 10.8 Å². The topological polar surface area (TPSA) is 48.4 Å². The van der Waals surface area contributed by atoms with E-state index in [9.17, 15) is 4.79 Å². The number of nitrogens with zero attached hydrogens (tertiary/aromatic N) is 1. The molecule has 0 aliphatic heterocycles. The van der Waals surface area contributed by atoms with Crippen molar-refractivity contribution in [1.82, 2.24) is 4.98 Å². The van der Waals surface area contributed by atoms with Gasteiger partial charge in [0.2, 0.25) is 0 Å². The molecular formula is C16H19NO3S. The predicted octanol–water partition coefficient (Wildman–Crippen LogP) is 3.60. The van der Waals surface area contributed by atoms with E-state index in [1.54, 1.807) is 6.92 Å². The number of esters is 1. The van der Waals surface area contributed by atoms with Gasteiger partial charge in [-0.25, -0.2) is 4.98 Å². The minimum Gasteiger partial charge on any atom is -0.494 e. The lowest BCUT2D eigenvalue weighted by atomic mass is 10.1. The molecule has 0 aliphatic carbocycles. The molecule has 2 rings (SSSR count). The zero-order chi connectivity index (χ0) is 15.2. The number of hydrogen-bond donors (Lipinski definition) is 0. The van der Waals surface area contributed by atoms with Gasteiger partial charge < -0.3 is 9.47 Å². The molecule has 0 radical (unpaired) electrons. The van der Waals surface area contributed by atoms with Crippen molar-refractivity contribution in [3.8, 4) is 5.75 Å². The summed E-state index contributed by atoms with van der Waals surface area (Å²) in [5, 5.41) is 1.90. The minimum absolute atomic E-state index is 0.213. The molecule has 0 spiro atoms. The van der Waals surface area contributed by atoms with Crippen molar-refractivity contribution >= 4 is 28.6 Å². The first-order valence-electron chi connectivity index (χ1n) is 6.96. The number of hydrogen-bond acceptors (Lipinski definition) is 5. The fraction of sp³-hybridized carbons (Fsp3) is 0.375. The Labute approximate surface area is 128 Å². The fourth-order valence-electron chi connectivity index (χ4n) is 1.98. The molecule has 0 saturated heterocycles. The van der Waals surface area contributed by atoms with E-state index in [1.165, 1.54) is 11.8 Å². The van der Waals surface area contributed by atoms with Crippen LogP contribution in [0.4, 0.5) is 0 Å². The summed E-state index contributed by atoms with van der Waals surface area (Å²) in [5.74, 6) is 0.915. The van der Waals surface area contributed by atoms with Gasteiger partial charge in [0, 0.05) is 5.39 Å². The Hall–Kier alpha value is -1.75. The maximum atomic E-state index is 11.4. The van der Waals surface area contributed by atoms with Gasteiger partial charge in [-0.3, -0.25) is 4.79 Å². The minimum atomic E-state index is -0.213. The summed E-state index contributed by atoms with van der Waals surface area (Å²) < 4.78 is 10.4. The summed E-state index contributed by atoms with van der Waals surface area (Å²) in [6.07, 6.45) is 0. The van der Waals surface area contributed by atoms with E-state index in [4.69, 9.17) is 9.47 Å². The van der Waals surface area contributed by atoms with Crippen LogP contribution in [0.2, 0.25) is 0 Å². The van der Waals surface area contributed by atoms with Crippen LogP contribution in [0.5, 0.6) is 5.75 Å². The Kier molecular flexibility index (Phi) is 5.44. The number of aryl methyl sites for hydroxylation is 1. The number of fused-ring (bicyclic) bond motifs is 1. The van der Waals surface area contributed by atoms with Crippen molar-refractivity contribution in [2.45, 2.75) is 25.8 Å². The fourth-order valence-corrected chi connectivity index (χ4v) is 2.76. The molecule has 0 aliphatic rings. The van der Waals surface area contributed by atoms with Crippen molar-refractivity contribution in [3.63, 3.8) is 0 Å². The lowest BCUT2D eigenvalue weighted by molar-refractivity contribution is -0.139. The molecule has 2 aromatic rings. The second-order valence-corrected chi connectivity index (χ2v) is 5.46. The highest BCUT2D eigenvalue weighted by molar-refractivity contribution is 7.99. The van der Waals surface area contributed by atoms with Gasteiger partial charge in [-0.1, -0.05) is 11.8 Å². The van der Waals surface area contributed by atoms with Crippen LogP contribution in [-0.2, 0) is 9.53 Å². The summed E-state index contributed by atoms with van der Waals surface area (Å²) in [6, 6.07) is 7.90. The molecule has 0 N–H and O–H groups in total. The summed E-state index contributed by atoms with van der Waals surface area (Å²) >= 11 is 1.41. The molecule has 4 nitrogen and oxygen atoms in total. The average Bonchev–Trinajstić information content (AvgIpc) is 2.46. The number of rotatable bonds is 6. The van der Waals surface area contributed by atoms with Crippen LogP contribution in [-0.4, -0.2) is 29.9 Å². The highest BCUT2D eigenvalue weighted by Crippen LogP contribution is 2.26. The maximum Gasteiger partial charge on any atom is 0.316 e. The summed E-state index contributed by atoms with van der Waals surface area (Å²) in [7, 11) is 0. The lowest BCUT2D eigenvalue weighted by Crippen LogP contribution is -2.07. The third kappa shape index (κ3) is 4.11. The Balaban J connectivity index is 2.20. The zero-order valence-corrected chi connectivity index (χ0v) is 13.3. The van der Waals surface area contributed by atoms with Gasteiger partial charge in [-0.2, -0.15) is 0 Å². The van der Waals surface area contributed by atoms with Gasteiger partial charge in [-0.05, 0) is 50.6 Å². The second kappa shape index (κ2) is 7.31. The first kappa shape index (κ1) is 15.6. The predicted molar refractivity (Wildman–Crippen MR) is 85.0 cm³/mol. The van der Waals surface area contributed by atoms with Crippen LogP contribution in [0.1, 0.15) is 19.4 Å². The normalized spacial score (nSPS) is 10.6. The van der Waals surface area contributed by atoms with Gasteiger partial charge in [0.25, 0.3) is 0 Å². The number of carbonyl (C=O) groups excluding carboxylic acids is 1. The van der Waals surface area contributed by atoms with Crippen LogP contribution < -0.4 is 4.74 Å². The zero-order valence-electron chi connectivity index (χ0n) is 12.5. The van der Waals surface area contributed by atoms with Crippen LogP contribution in [0.25, 0.3) is 10.9 Å². The molecule has 0 bridgehead atoms. The number of pyridine rings is 1. The number of ether oxygens (including phenoxy) is 2. The number of carbonyl (C=O) groups is 1. The van der Waals surface area contributed by atoms with Gasteiger partial charge in [0.15, 0.2) is 0 Å². The highest BCUT2D eigenvalue weighted by atomic mass is 32.2. The molecule has 21 heavy (non-hydrogen) atoms. The Morgan fingerprint density at radius 3 is 2.76 bits per heavy atom. The van der Waals surface area contributed by atoms with E-state index in [0.717, 1.165) is 27.2 Å². The van der Waals surface area contributed by atoms with Crippen molar-refractivity contribution in [2.24, 2.45) is 0 Å². The molecule has 0 amide bonds. The summed E-state index contributed by atoms with van der Waals surface area (Å²) in [6.45, 7) is 6.81. The quantitative estimate of drug-likeness (QED) is 0.603. The highest BCUT2D eigenvalue weighted by Gasteiger charge is 2.09. The van der Waals surface area contributed by atoms with Crippen LogP contribution >= 0.6 is 11.8 Å². The number of thioether (sulfide) groups is 1. The van der Waals surface area contributed by atoms with Gasteiger partial charge in [-0.15, -0.1) is 0 Å². The molecule has 0 unspecified atom stereocenters.